The van der Waals surface area contributed by atoms with E-state index in [9.17, 15) is 9.59 Å². The van der Waals surface area contributed by atoms with E-state index in [1.165, 1.54) is 0 Å². The summed E-state index contributed by atoms with van der Waals surface area (Å²) in [5.41, 5.74) is 2.38. The number of ether oxygens (including phenoxy) is 2. The first-order valence-corrected chi connectivity index (χ1v) is 8.61. The first-order chi connectivity index (χ1) is 13.7. The molecule has 28 heavy (non-hydrogen) atoms. The average molecular weight is 375 g/mol. The van der Waals surface area contributed by atoms with Gasteiger partial charge in [-0.15, -0.1) is 0 Å². The number of anilines is 3. The second kappa shape index (κ2) is 7.71. The highest BCUT2D eigenvalue weighted by molar-refractivity contribution is 6.05. The molecule has 1 heterocycles. The summed E-state index contributed by atoms with van der Waals surface area (Å²) in [7, 11) is 0. The number of rotatable bonds is 4. The summed E-state index contributed by atoms with van der Waals surface area (Å²) in [6, 6.07) is 20.7. The molecule has 0 saturated heterocycles. The largest absolute Gasteiger partial charge is 0.454 e. The molecule has 0 atom stereocenters. The van der Waals surface area contributed by atoms with E-state index >= 15 is 0 Å². The van der Waals surface area contributed by atoms with E-state index in [2.05, 4.69) is 16.0 Å². The summed E-state index contributed by atoms with van der Waals surface area (Å²) < 4.78 is 10.5. The second-order valence-corrected chi connectivity index (χ2v) is 6.04. The van der Waals surface area contributed by atoms with Gasteiger partial charge in [-0.3, -0.25) is 4.79 Å². The van der Waals surface area contributed by atoms with Crippen LogP contribution in [0.15, 0.2) is 72.8 Å². The Morgan fingerprint density at radius 3 is 2.00 bits per heavy atom. The van der Waals surface area contributed by atoms with Crippen molar-refractivity contribution in [2.24, 2.45) is 0 Å². The molecular formula is C21H17N3O4. The van der Waals surface area contributed by atoms with E-state index in [0.717, 1.165) is 0 Å². The van der Waals surface area contributed by atoms with Gasteiger partial charge in [0.25, 0.3) is 5.91 Å². The molecule has 0 radical (unpaired) electrons. The van der Waals surface area contributed by atoms with Crippen molar-refractivity contribution < 1.29 is 19.1 Å². The van der Waals surface area contributed by atoms with Crippen LogP contribution < -0.4 is 25.4 Å². The molecule has 0 saturated carbocycles. The van der Waals surface area contributed by atoms with Gasteiger partial charge in [-0.1, -0.05) is 18.2 Å². The van der Waals surface area contributed by atoms with Crippen LogP contribution in [0.3, 0.4) is 0 Å². The van der Waals surface area contributed by atoms with Crippen LogP contribution >= 0.6 is 0 Å². The van der Waals surface area contributed by atoms with Gasteiger partial charge in [0.2, 0.25) is 6.79 Å². The molecule has 0 fully saturated rings. The third-order valence-corrected chi connectivity index (χ3v) is 4.07. The van der Waals surface area contributed by atoms with E-state index in [1.54, 1.807) is 54.6 Å². The van der Waals surface area contributed by atoms with Crippen molar-refractivity contribution in [3.8, 4) is 11.5 Å². The Hall–Kier alpha value is -4.00. The highest BCUT2D eigenvalue weighted by atomic mass is 16.7. The Labute approximate surface area is 161 Å². The van der Waals surface area contributed by atoms with Crippen LogP contribution in [-0.2, 0) is 0 Å². The molecule has 4 rings (SSSR count). The zero-order valence-corrected chi connectivity index (χ0v) is 14.8. The minimum atomic E-state index is -0.344. The van der Waals surface area contributed by atoms with Crippen LogP contribution in [0.5, 0.6) is 11.5 Å². The minimum absolute atomic E-state index is 0.159. The van der Waals surface area contributed by atoms with E-state index in [4.69, 9.17) is 9.47 Å². The standard InChI is InChI=1S/C21H17N3O4/c25-20(14-6-11-18-19(12-14)28-13-27-18)22-16-7-9-17(10-8-16)24-21(26)23-15-4-2-1-3-5-15/h1-12H,13H2,(H,22,25)(H2,23,24,26). The fraction of sp³-hybridized carbons (Fsp3) is 0.0476. The lowest BCUT2D eigenvalue weighted by Gasteiger charge is -2.09. The Morgan fingerprint density at radius 2 is 1.29 bits per heavy atom. The average Bonchev–Trinajstić information content (AvgIpc) is 3.18. The lowest BCUT2D eigenvalue weighted by molar-refractivity contribution is 0.102. The molecule has 3 amide bonds. The van der Waals surface area contributed by atoms with Crippen LogP contribution in [0, 0.1) is 0 Å². The maximum Gasteiger partial charge on any atom is 0.323 e. The van der Waals surface area contributed by atoms with Gasteiger partial charge >= 0.3 is 6.03 Å². The fourth-order valence-electron chi connectivity index (χ4n) is 2.69. The first kappa shape index (κ1) is 17.4. The molecular weight excluding hydrogens is 358 g/mol. The van der Waals surface area contributed by atoms with Gasteiger partial charge in [-0.25, -0.2) is 4.79 Å². The molecule has 140 valence electrons. The fourth-order valence-corrected chi connectivity index (χ4v) is 2.69. The number of urea groups is 1. The summed E-state index contributed by atoms with van der Waals surface area (Å²) in [6.45, 7) is 0.159. The number of hydrogen-bond donors (Lipinski definition) is 3. The smallest absolute Gasteiger partial charge is 0.323 e. The molecule has 1 aliphatic heterocycles. The topological polar surface area (TPSA) is 88.7 Å². The van der Waals surface area contributed by atoms with E-state index in [1.807, 2.05) is 18.2 Å². The van der Waals surface area contributed by atoms with Crippen molar-refractivity contribution in [2.75, 3.05) is 22.7 Å². The summed E-state index contributed by atoms with van der Waals surface area (Å²) in [5.74, 6) is 0.915. The van der Waals surface area contributed by atoms with E-state index < -0.39 is 0 Å². The monoisotopic (exact) mass is 375 g/mol. The van der Waals surface area contributed by atoms with Crippen LogP contribution in [0.25, 0.3) is 0 Å². The van der Waals surface area contributed by atoms with E-state index in [-0.39, 0.29) is 18.7 Å². The van der Waals surface area contributed by atoms with Crippen molar-refractivity contribution in [3.05, 3.63) is 78.4 Å². The Balaban J connectivity index is 1.35. The van der Waals surface area contributed by atoms with Crippen LogP contribution in [0.4, 0.5) is 21.9 Å². The van der Waals surface area contributed by atoms with Gasteiger partial charge in [0.15, 0.2) is 11.5 Å². The maximum atomic E-state index is 12.4. The molecule has 0 spiro atoms. The quantitative estimate of drug-likeness (QED) is 0.634. The molecule has 3 aromatic rings. The number of fused-ring (bicyclic) bond motifs is 1. The third-order valence-electron chi connectivity index (χ3n) is 4.07. The summed E-state index contributed by atoms with van der Waals surface area (Å²) >= 11 is 0. The predicted molar refractivity (Wildman–Crippen MR) is 106 cm³/mol. The number of hydrogen-bond acceptors (Lipinski definition) is 4. The zero-order valence-electron chi connectivity index (χ0n) is 14.8. The Morgan fingerprint density at radius 1 is 0.679 bits per heavy atom. The maximum absolute atomic E-state index is 12.4. The van der Waals surface area contributed by atoms with Crippen molar-refractivity contribution in [3.63, 3.8) is 0 Å². The lowest BCUT2D eigenvalue weighted by atomic mass is 10.2. The summed E-state index contributed by atoms with van der Waals surface area (Å²) in [5, 5.41) is 8.28. The van der Waals surface area contributed by atoms with Gasteiger partial charge < -0.3 is 25.4 Å². The molecule has 1 aliphatic rings. The predicted octanol–water partition coefficient (Wildman–Crippen LogP) is 4.31. The number of amides is 3. The normalized spacial score (nSPS) is 11.6. The minimum Gasteiger partial charge on any atom is -0.454 e. The lowest BCUT2D eigenvalue weighted by Crippen LogP contribution is -2.19. The van der Waals surface area contributed by atoms with Crippen LogP contribution in [0.1, 0.15) is 10.4 Å². The molecule has 3 aromatic carbocycles. The molecule has 7 nitrogen and oxygen atoms in total. The number of carbonyl (C=O) groups excluding carboxylic acids is 2. The summed E-state index contributed by atoms with van der Waals surface area (Å²) in [6.07, 6.45) is 0. The molecule has 0 aliphatic carbocycles. The van der Waals surface area contributed by atoms with Gasteiger partial charge in [0.1, 0.15) is 0 Å². The van der Waals surface area contributed by atoms with Crippen molar-refractivity contribution in [1.82, 2.24) is 0 Å². The zero-order chi connectivity index (χ0) is 19.3. The molecule has 7 heteroatoms. The number of nitrogens with one attached hydrogen (secondary N) is 3. The highest BCUT2D eigenvalue weighted by Gasteiger charge is 2.16. The first-order valence-electron chi connectivity index (χ1n) is 8.61. The van der Waals surface area contributed by atoms with E-state index in [0.29, 0.717) is 34.1 Å². The van der Waals surface area contributed by atoms with Gasteiger partial charge in [0, 0.05) is 22.6 Å². The van der Waals surface area contributed by atoms with Gasteiger partial charge in [-0.2, -0.15) is 0 Å². The van der Waals surface area contributed by atoms with Crippen LogP contribution in [0.2, 0.25) is 0 Å². The van der Waals surface area contributed by atoms with Crippen LogP contribution in [-0.4, -0.2) is 18.7 Å². The van der Waals surface area contributed by atoms with Crippen molar-refractivity contribution >= 4 is 29.0 Å². The van der Waals surface area contributed by atoms with Gasteiger partial charge in [0.05, 0.1) is 0 Å². The molecule has 0 bridgehead atoms. The van der Waals surface area contributed by atoms with Crippen molar-refractivity contribution in [1.29, 1.82) is 0 Å². The third kappa shape index (κ3) is 4.04. The summed E-state index contributed by atoms with van der Waals surface area (Å²) in [4.78, 5) is 24.4. The number of carbonyl (C=O) groups is 2. The SMILES string of the molecule is O=C(Nc1ccccc1)Nc1ccc(NC(=O)c2ccc3c(c2)OCO3)cc1. The Kier molecular flexibility index (Phi) is 4.79. The number of benzene rings is 3. The molecule has 0 unspecified atom stereocenters. The molecule has 0 aromatic heterocycles. The second-order valence-electron chi connectivity index (χ2n) is 6.04. The highest BCUT2D eigenvalue weighted by Crippen LogP contribution is 2.32. The van der Waals surface area contributed by atoms with Gasteiger partial charge in [-0.05, 0) is 54.6 Å². The molecule has 3 N–H and O–H groups in total. The number of para-hydroxylation sites is 1. The van der Waals surface area contributed by atoms with Crippen molar-refractivity contribution in [2.45, 2.75) is 0 Å². The Bertz CT molecular complexity index is 1000.